The van der Waals surface area contributed by atoms with Crippen LogP contribution in [0.2, 0.25) is 5.28 Å². The van der Waals surface area contributed by atoms with Gasteiger partial charge in [-0.1, -0.05) is 0 Å². The maximum Gasteiger partial charge on any atom is 0.224 e. The van der Waals surface area contributed by atoms with Crippen LogP contribution >= 0.6 is 38.9 Å². The van der Waals surface area contributed by atoms with Gasteiger partial charge in [0.15, 0.2) is 0 Å². The first-order valence-electron chi connectivity index (χ1n) is 4.62. The van der Waals surface area contributed by atoms with Gasteiger partial charge in [-0.05, 0) is 46.6 Å². The highest BCUT2D eigenvalue weighted by atomic mass is 79.9. The fourth-order valence-electron chi connectivity index (χ4n) is 1.22. The van der Waals surface area contributed by atoms with Crippen LogP contribution in [0.5, 0.6) is 0 Å². The number of hydrogen-bond donors (Lipinski definition) is 1. The molecule has 0 amide bonds. The predicted octanol–water partition coefficient (Wildman–Crippen LogP) is 3.87. The van der Waals surface area contributed by atoms with Gasteiger partial charge in [0, 0.05) is 16.6 Å². The second-order valence-corrected chi connectivity index (χ2v) is 6.12. The van der Waals surface area contributed by atoms with Gasteiger partial charge in [-0.3, -0.25) is 0 Å². The van der Waals surface area contributed by atoms with E-state index in [2.05, 4.69) is 37.3 Å². The van der Waals surface area contributed by atoms with Gasteiger partial charge in [0.1, 0.15) is 5.82 Å². The number of thiophene rings is 1. The summed E-state index contributed by atoms with van der Waals surface area (Å²) < 4.78 is 1.13. The largest absolute Gasteiger partial charge is 0.365 e. The molecule has 0 aliphatic heterocycles. The minimum absolute atomic E-state index is 0.264. The Hall–Kier alpha value is -0.650. The summed E-state index contributed by atoms with van der Waals surface area (Å²) in [7, 11) is 0. The van der Waals surface area contributed by atoms with Gasteiger partial charge in [0.2, 0.25) is 5.28 Å². The molecule has 2 aromatic heterocycles. The molecule has 3 nitrogen and oxygen atoms in total. The van der Waals surface area contributed by atoms with Crippen LogP contribution in [0.15, 0.2) is 22.1 Å². The van der Waals surface area contributed by atoms with Crippen LogP contribution in [0.4, 0.5) is 5.82 Å². The summed E-state index contributed by atoms with van der Waals surface area (Å²) in [4.78, 5) is 9.28. The summed E-state index contributed by atoms with van der Waals surface area (Å²) in [6.07, 6.45) is 1.71. The Labute approximate surface area is 111 Å². The van der Waals surface area contributed by atoms with Crippen LogP contribution in [0.1, 0.15) is 10.4 Å². The molecule has 0 aromatic carbocycles. The summed E-state index contributed by atoms with van der Waals surface area (Å²) in [6.45, 7) is 2.69. The lowest BCUT2D eigenvalue weighted by Gasteiger charge is -2.06. The molecule has 0 aliphatic carbocycles. The highest BCUT2D eigenvalue weighted by Gasteiger charge is 2.03. The van der Waals surface area contributed by atoms with E-state index >= 15 is 0 Å². The van der Waals surface area contributed by atoms with Crippen LogP contribution in [0.3, 0.4) is 0 Å². The second-order valence-electron chi connectivity index (χ2n) is 3.23. The monoisotopic (exact) mass is 317 g/mol. The maximum atomic E-state index is 5.74. The second kappa shape index (κ2) is 5.12. The molecule has 0 aliphatic rings. The Morgan fingerprint density at radius 1 is 1.50 bits per heavy atom. The molecule has 2 aromatic rings. The van der Waals surface area contributed by atoms with Gasteiger partial charge in [0.05, 0.1) is 10.3 Å². The maximum absolute atomic E-state index is 5.74. The number of hydrogen-bond acceptors (Lipinski definition) is 4. The van der Waals surface area contributed by atoms with Crippen molar-refractivity contribution in [3.8, 4) is 0 Å². The lowest BCUT2D eigenvalue weighted by molar-refractivity contribution is 1.07. The number of aromatic nitrogens is 2. The van der Waals surface area contributed by atoms with Crippen LogP contribution in [0.25, 0.3) is 0 Å². The molecule has 6 heteroatoms. The van der Waals surface area contributed by atoms with Crippen LogP contribution < -0.4 is 5.32 Å². The summed E-state index contributed by atoms with van der Waals surface area (Å²) in [5, 5.41) is 3.50. The Morgan fingerprint density at radius 3 is 3.00 bits per heavy atom. The van der Waals surface area contributed by atoms with E-state index in [9.17, 15) is 0 Å². The molecule has 2 rings (SSSR count). The number of halogens is 2. The zero-order valence-electron chi connectivity index (χ0n) is 8.50. The molecular formula is C10H9BrClN3S. The van der Waals surface area contributed by atoms with Crippen molar-refractivity contribution in [2.75, 3.05) is 5.32 Å². The van der Waals surface area contributed by atoms with Crippen molar-refractivity contribution in [2.24, 2.45) is 0 Å². The molecule has 0 saturated carbocycles. The van der Waals surface area contributed by atoms with Crippen molar-refractivity contribution >= 4 is 44.7 Å². The zero-order chi connectivity index (χ0) is 11.5. The highest BCUT2D eigenvalue weighted by Crippen LogP contribution is 2.23. The average molecular weight is 319 g/mol. The fraction of sp³-hybridized carbons (Fsp3) is 0.200. The molecule has 0 atom stereocenters. The minimum Gasteiger partial charge on any atom is -0.365 e. The number of rotatable bonds is 3. The molecular weight excluding hydrogens is 310 g/mol. The third kappa shape index (κ3) is 2.93. The third-order valence-electron chi connectivity index (χ3n) is 2.00. The first-order valence-corrected chi connectivity index (χ1v) is 6.61. The molecule has 0 spiro atoms. The quantitative estimate of drug-likeness (QED) is 0.873. The number of anilines is 1. The van der Waals surface area contributed by atoms with E-state index in [1.54, 1.807) is 17.5 Å². The Morgan fingerprint density at radius 2 is 2.31 bits per heavy atom. The van der Waals surface area contributed by atoms with E-state index < -0.39 is 0 Å². The van der Waals surface area contributed by atoms with Crippen molar-refractivity contribution in [1.82, 2.24) is 9.97 Å². The van der Waals surface area contributed by atoms with Crippen LogP contribution in [-0.2, 0) is 6.54 Å². The van der Waals surface area contributed by atoms with Crippen molar-refractivity contribution in [3.63, 3.8) is 0 Å². The predicted molar refractivity (Wildman–Crippen MR) is 71.1 cm³/mol. The lowest BCUT2D eigenvalue weighted by atomic mass is 10.3. The topological polar surface area (TPSA) is 37.8 Å². The van der Waals surface area contributed by atoms with Gasteiger partial charge >= 0.3 is 0 Å². The molecule has 0 bridgehead atoms. The normalized spacial score (nSPS) is 10.4. The molecule has 0 saturated heterocycles. The Bertz CT molecular complexity index is 501. The van der Waals surface area contributed by atoms with Crippen molar-refractivity contribution < 1.29 is 0 Å². The molecule has 0 fully saturated rings. The highest BCUT2D eigenvalue weighted by molar-refractivity contribution is 9.11. The van der Waals surface area contributed by atoms with E-state index in [0.29, 0.717) is 0 Å². The van der Waals surface area contributed by atoms with Gasteiger partial charge in [-0.25, -0.2) is 9.97 Å². The van der Waals surface area contributed by atoms with Crippen molar-refractivity contribution in [2.45, 2.75) is 13.5 Å². The van der Waals surface area contributed by atoms with E-state index in [1.807, 2.05) is 13.0 Å². The van der Waals surface area contributed by atoms with Gasteiger partial charge < -0.3 is 5.32 Å². The summed E-state index contributed by atoms with van der Waals surface area (Å²) in [5.41, 5.74) is 0.986. The van der Waals surface area contributed by atoms with E-state index in [4.69, 9.17) is 11.6 Å². The molecule has 0 unspecified atom stereocenters. The van der Waals surface area contributed by atoms with E-state index in [0.717, 1.165) is 21.7 Å². The van der Waals surface area contributed by atoms with E-state index in [1.165, 1.54) is 4.88 Å². The van der Waals surface area contributed by atoms with Gasteiger partial charge in [0.25, 0.3) is 0 Å². The Kier molecular flexibility index (Phi) is 3.78. The lowest BCUT2D eigenvalue weighted by Crippen LogP contribution is -2.02. The van der Waals surface area contributed by atoms with Crippen molar-refractivity contribution in [3.05, 3.63) is 37.8 Å². The Balaban J connectivity index is 2.07. The molecule has 0 radical (unpaired) electrons. The standard InChI is InChI=1S/C10H9BrClN3S/c1-6-4-14-10(12)15-9(6)13-5-7-2-3-8(11)16-7/h2-4H,5H2,1H3,(H,13,14,15). The van der Waals surface area contributed by atoms with Gasteiger partial charge in [-0.2, -0.15) is 0 Å². The molecule has 2 heterocycles. The van der Waals surface area contributed by atoms with Crippen LogP contribution in [0, 0.1) is 6.92 Å². The molecule has 16 heavy (non-hydrogen) atoms. The van der Waals surface area contributed by atoms with Crippen LogP contribution in [-0.4, -0.2) is 9.97 Å². The van der Waals surface area contributed by atoms with Crippen molar-refractivity contribution in [1.29, 1.82) is 0 Å². The first kappa shape index (κ1) is 11.8. The molecule has 1 N–H and O–H groups in total. The smallest absolute Gasteiger partial charge is 0.224 e. The third-order valence-corrected chi connectivity index (χ3v) is 3.81. The minimum atomic E-state index is 0.264. The number of aryl methyl sites for hydroxylation is 1. The summed E-state index contributed by atoms with van der Waals surface area (Å²) >= 11 is 10.9. The molecule has 84 valence electrons. The first-order chi connectivity index (χ1) is 7.65. The number of nitrogens with zero attached hydrogens (tertiary/aromatic N) is 2. The SMILES string of the molecule is Cc1cnc(Cl)nc1NCc1ccc(Br)s1. The van der Waals surface area contributed by atoms with Gasteiger partial charge in [-0.15, -0.1) is 11.3 Å². The van der Waals surface area contributed by atoms with E-state index in [-0.39, 0.29) is 5.28 Å². The number of nitrogens with one attached hydrogen (secondary N) is 1. The zero-order valence-corrected chi connectivity index (χ0v) is 11.7. The fourth-order valence-corrected chi connectivity index (χ4v) is 2.77. The summed E-state index contributed by atoms with van der Waals surface area (Å²) in [6, 6.07) is 4.10. The average Bonchev–Trinajstić information content (AvgIpc) is 2.66. The summed E-state index contributed by atoms with van der Waals surface area (Å²) in [5.74, 6) is 0.782.